The van der Waals surface area contributed by atoms with Gasteiger partial charge in [-0.1, -0.05) is 24.8 Å². The van der Waals surface area contributed by atoms with Crippen LogP contribution in [0.3, 0.4) is 0 Å². The predicted molar refractivity (Wildman–Crippen MR) is 113 cm³/mol. The average molecular weight is 386 g/mol. The van der Waals surface area contributed by atoms with Crippen LogP contribution >= 0.6 is 11.8 Å². The normalized spacial score (nSPS) is 11.3. The Morgan fingerprint density at radius 1 is 1.26 bits per heavy atom. The van der Waals surface area contributed by atoms with Crippen molar-refractivity contribution in [3.63, 3.8) is 0 Å². The molecule has 0 aliphatic carbocycles. The minimum absolute atomic E-state index is 0.826. The zero-order chi connectivity index (χ0) is 19.2. The summed E-state index contributed by atoms with van der Waals surface area (Å²) in [5, 5.41) is 4.41. The highest BCUT2D eigenvalue weighted by Gasteiger charge is 2.11. The second-order valence-electron chi connectivity index (χ2n) is 6.51. The fourth-order valence-electron chi connectivity index (χ4n) is 2.89. The van der Waals surface area contributed by atoms with Crippen molar-refractivity contribution in [3.05, 3.63) is 36.7 Å². The van der Waals surface area contributed by atoms with E-state index >= 15 is 0 Å². The van der Waals surface area contributed by atoms with Gasteiger partial charge in [0.1, 0.15) is 11.4 Å². The number of nitrogens with one attached hydrogen (secondary N) is 1. The lowest BCUT2D eigenvalue weighted by molar-refractivity contribution is 0.404. The van der Waals surface area contributed by atoms with Crippen LogP contribution in [0.25, 0.3) is 16.9 Å². The third-order valence-corrected chi connectivity index (χ3v) is 5.06. The molecular weight excluding hydrogens is 358 g/mol. The van der Waals surface area contributed by atoms with Crippen LogP contribution in [-0.4, -0.2) is 59.3 Å². The Hall–Kier alpha value is -2.25. The van der Waals surface area contributed by atoms with Crippen LogP contribution < -0.4 is 10.1 Å². The minimum Gasteiger partial charge on any atom is -0.495 e. The van der Waals surface area contributed by atoms with Crippen LogP contribution in [-0.2, 0) is 0 Å². The van der Waals surface area contributed by atoms with Crippen molar-refractivity contribution in [1.29, 1.82) is 0 Å². The summed E-state index contributed by atoms with van der Waals surface area (Å²) in [6.45, 7) is 4.09. The highest BCUT2D eigenvalue weighted by atomic mass is 32.2. The van der Waals surface area contributed by atoms with Crippen molar-refractivity contribution in [2.24, 2.45) is 0 Å². The number of methoxy groups -OCH3 is 1. The molecule has 27 heavy (non-hydrogen) atoms. The summed E-state index contributed by atoms with van der Waals surface area (Å²) >= 11 is 1.71. The molecule has 0 aliphatic heterocycles. The summed E-state index contributed by atoms with van der Waals surface area (Å²) < 4.78 is 7.63. The number of benzene rings is 1. The molecule has 144 valence electrons. The molecule has 0 radical (unpaired) electrons. The van der Waals surface area contributed by atoms with E-state index in [1.165, 1.54) is 0 Å². The van der Waals surface area contributed by atoms with E-state index < -0.39 is 0 Å². The molecule has 7 heteroatoms. The van der Waals surface area contributed by atoms with Gasteiger partial charge in [-0.25, -0.2) is 9.97 Å². The molecule has 1 N–H and O–H groups in total. The molecule has 0 fully saturated rings. The smallest absolute Gasteiger partial charge is 0.174 e. The number of aromatic nitrogens is 3. The second kappa shape index (κ2) is 9.10. The summed E-state index contributed by atoms with van der Waals surface area (Å²) in [6, 6.07) is 8.20. The zero-order valence-electron chi connectivity index (χ0n) is 16.4. The summed E-state index contributed by atoms with van der Waals surface area (Å²) in [5.74, 6) is 1.79. The molecule has 0 spiro atoms. The lowest BCUT2D eigenvalue weighted by atomic mass is 10.1. The first-order valence-electron chi connectivity index (χ1n) is 9.16. The molecule has 3 aromatic rings. The summed E-state index contributed by atoms with van der Waals surface area (Å²) in [6.07, 6.45) is 4.83. The number of imidazole rings is 1. The van der Waals surface area contributed by atoms with Crippen LogP contribution in [0, 0.1) is 0 Å². The van der Waals surface area contributed by atoms with Gasteiger partial charge in [0.25, 0.3) is 0 Å². The van der Waals surface area contributed by atoms with E-state index in [1.807, 2.05) is 28.9 Å². The van der Waals surface area contributed by atoms with E-state index in [2.05, 4.69) is 48.4 Å². The van der Waals surface area contributed by atoms with Crippen LogP contribution in [0.1, 0.15) is 13.3 Å². The van der Waals surface area contributed by atoms with Crippen LogP contribution in [0.15, 0.2) is 41.8 Å². The number of fused-ring (bicyclic) bond motifs is 1. The fourth-order valence-corrected chi connectivity index (χ4v) is 3.60. The monoisotopic (exact) mass is 385 g/mol. The van der Waals surface area contributed by atoms with Crippen molar-refractivity contribution in [2.45, 2.75) is 18.5 Å². The quantitative estimate of drug-likeness (QED) is 0.343. The predicted octanol–water partition coefficient (Wildman–Crippen LogP) is 3.88. The van der Waals surface area contributed by atoms with E-state index in [0.717, 1.165) is 58.8 Å². The van der Waals surface area contributed by atoms with E-state index in [1.54, 1.807) is 18.9 Å². The Labute approximate surface area is 165 Å². The number of thioether (sulfide) groups is 1. The number of hydrogen-bond acceptors (Lipinski definition) is 6. The number of hydrogen-bond donors (Lipinski definition) is 1. The third-order valence-electron chi connectivity index (χ3n) is 4.23. The third kappa shape index (κ3) is 4.73. The molecule has 0 aliphatic rings. The highest BCUT2D eigenvalue weighted by Crippen LogP contribution is 2.31. The first kappa shape index (κ1) is 19.5. The molecule has 0 amide bonds. The summed E-state index contributed by atoms with van der Waals surface area (Å²) in [7, 11) is 5.88. The van der Waals surface area contributed by atoms with E-state index in [0.29, 0.717) is 0 Å². The maximum absolute atomic E-state index is 5.61. The van der Waals surface area contributed by atoms with Crippen molar-refractivity contribution in [1.82, 2.24) is 19.3 Å². The first-order valence-corrected chi connectivity index (χ1v) is 10.1. The topological polar surface area (TPSA) is 54.7 Å². The van der Waals surface area contributed by atoms with Gasteiger partial charge in [-0.15, -0.1) is 0 Å². The van der Waals surface area contributed by atoms with Crippen LogP contribution in [0.4, 0.5) is 5.69 Å². The Balaban J connectivity index is 1.85. The van der Waals surface area contributed by atoms with E-state index in [-0.39, 0.29) is 0 Å². The van der Waals surface area contributed by atoms with Crippen LogP contribution in [0.5, 0.6) is 5.75 Å². The number of anilines is 1. The number of nitrogens with zero attached hydrogens (tertiary/aromatic N) is 4. The number of ether oxygens (including phenoxy) is 1. The van der Waals surface area contributed by atoms with Gasteiger partial charge < -0.3 is 15.0 Å². The van der Waals surface area contributed by atoms with E-state index in [9.17, 15) is 0 Å². The molecule has 2 aromatic heterocycles. The fraction of sp³-hybridized carbons (Fsp3) is 0.400. The van der Waals surface area contributed by atoms with Gasteiger partial charge in [0.15, 0.2) is 5.16 Å². The zero-order valence-corrected chi connectivity index (χ0v) is 17.2. The van der Waals surface area contributed by atoms with Gasteiger partial charge in [0.2, 0.25) is 0 Å². The van der Waals surface area contributed by atoms with Crippen molar-refractivity contribution < 1.29 is 4.74 Å². The van der Waals surface area contributed by atoms with Gasteiger partial charge in [0.05, 0.1) is 18.5 Å². The van der Waals surface area contributed by atoms with E-state index in [4.69, 9.17) is 9.72 Å². The van der Waals surface area contributed by atoms with Crippen molar-refractivity contribution in [2.75, 3.05) is 45.4 Å². The Kier molecular flexibility index (Phi) is 6.58. The van der Waals surface area contributed by atoms with Crippen molar-refractivity contribution >= 4 is 23.1 Å². The SMILES string of the molecule is CCSc1nc(-c2ccc(NCCCN(C)C)c(OC)c2)cc2nccn12. The summed E-state index contributed by atoms with van der Waals surface area (Å²) in [5.41, 5.74) is 3.84. The van der Waals surface area contributed by atoms with Crippen molar-refractivity contribution in [3.8, 4) is 17.0 Å². The maximum atomic E-state index is 5.61. The molecule has 1 aromatic carbocycles. The molecular formula is C20H27N5OS. The molecule has 2 heterocycles. The largest absolute Gasteiger partial charge is 0.495 e. The van der Waals surface area contributed by atoms with Gasteiger partial charge in [-0.05, 0) is 44.9 Å². The number of rotatable bonds is 9. The van der Waals surface area contributed by atoms with Crippen LogP contribution in [0.2, 0.25) is 0 Å². The molecule has 0 unspecified atom stereocenters. The molecule has 6 nitrogen and oxygen atoms in total. The summed E-state index contributed by atoms with van der Waals surface area (Å²) in [4.78, 5) is 11.5. The van der Waals surface area contributed by atoms with Gasteiger partial charge in [-0.2, -0.15) is 0 Å². The Morgan fingerprint density at radius 3 is 2.85 bits per heavy atom. The second-order valence-corrected chi connectivity index (χ2v) is 7.74. The minimum atomic E-state index is 0.826. The average Bonchev–Trinajstić information content (AvgIpc) is 3.14. The lowest BCUT2D eigenvalue weighted by Gasteiger charge is -2.14. The van der Waals surface area contributed by atoms with Gasteiger partial charge >= 0.3 is 0 Å². The maximum Gasteiger partial charge on any atom is 0.174 e. The van der Waals surface area contributed by atoms with Gasteiger partial charge in [-0.3, -0.25) is 4.40 Å². The highest BCUT2D eigenvalue weighted by molar-refractivity contribution is 7.99. The standard InChI is InChI=1S/C20H27N5OS/c1-5-27-20-23-17(14-19-22-10-12-25(19)20)15-7-8-16(18(13-15)26-4)21-9-6-11-24(2)3/h7-8,10,12-14,21H,5-6,9,11H2,1-4H3. The first-order chi connectivity index (χ1) is 13.1. The Morgan fingerprint density at radius 2 is 2.11 bits per heavy atom. The molecule has 0 saturated carbocycles. The molecule has 0 saturated heterocycles. The molecule has 0 bridgehead atoms. The van der Waals surface area contributed by atoms with Gasteiger partial charge in [0, 0.05) is 30.6 Å². The molecule has 0 atom stereocenters. The Bertz CT molecular complexity index is 893. The lowest BCUT2D eigenvalue weighted by Crippen LogP contribution is -2.16. The molecule has 3 rings (SSSR count).